The monoisotopic (exact) mass is 439 g/mol. The fourth-order valence-corrected chi connectivity index (χ4v) is 4.09. The molecule has 2 aromatic carbocycles. The number of hydrogen-bond acceptors (Lipinski definition) is 3. The molecule has 0 unspecified atom stereocenters. The van der Waals surface area contributed by atoms with E-state index in [2.05, 4.69) is 31.3 Å². The molecule has 0 radical (unpaired) electrons. The summed E-state index contributed by atoms with van der Waals surface area (Å²) < 4.78 is 5.95. The molecule has 0 aliphatic heterocycles. The Morgan fingerprint density at radius 3 is 2.57 bits per heavy atom. The van der Waals surface area contributed by atoms with Crippen molar-refractivity contribution in [2.75, 3.05) is 12.3 Å². The van der Waals surface area contributed by atoms with E-state index < -0.39 is 6.10 Å². The third-order valence-electron chi connectivity index (χ3n) is 4.28. The summed E-state index contributed by atoms with van der Waals surface area (Å²) in [5, 5.41) is 4.24. The Kier molecular flexibility index (Phi) is 9.00. The van der Waals surface area contributed by atoms with E-state index >= 15 is 0 Å². The highest BCUT2D eigenvalue weighted by molar-refractivity contribution is 7.98. The maximum atomic E-state index is 12.4. The molecule has 0 aliphatic rings. The number of hydrogen-bond donors (Lipinski definition) is 1. The summed E-state index contributed by atoms with van der Waals surface area (Å²) in [6.45, 7) is 8.61. The molecule has 0 aromatic heterocycles. The molecule has 2 rings (SSSR count). The van der Waals surface area contributed by atoms with Crippen LogP contribution in [0, 0.1) is 6.92 Å². The summed E-state index contributed by atoms with van der Waals surface area (Å²) in [6.07, 6.45) is -0.546. The minimum absolute atomic E-state index is 0.110. The van der Waals surface area contributed by atoms with E-state index in [1.165, 1.54) is 0 Å². The Hall–Kier alpha value is -1.36. The summed E-state index contributed by atoms with van der Waals surface area (Å²) in [4.78, 5) is 12.4. The van der Waals surface area contributed by atoms with Gasteiger partial charge in [-0.2, -0.15) is 11.8 Å². The molecule has 3 nitrogen and oxygen atoms in total. The van der Waals surface area contributed by atoms with E-state index in [1.54, 1.807) is 24.8 Å². The molecule has 0 saturated carbocycles. The van der Waals surface area contributed by atoms with Crippen molar-refractivity contribution < 1.29 is 9.53 Å². The van der Waals surface area contributed by atoms with E-state index in [9.17, 15) is 4.79 Å². The number of nitrogens with one attached hydrogen (secondary N) is 1. The van der Waals surface area contributed by atoms with Gasteiger partial charge in [-0.1, -0.05) is 55.2 Å². The second-order valence-electron chi connectivity index (χ2n) is 7.04. The van der Waals surface area contributed by atoms with Crippen LogP contribution in [-0.4, -0.2) is 24.3 Å². The third-order valence-corrected chi connectivity index (χ3v) is 5.88. The predicted octanol–water partition coefficient (Wildman–Crippen LogP) is 6.24. The summed E-state index contributed by atoms with van der Waals surface area (Å²) in [6, 6.07) is 11.6. The molecular formula is C22H27Cl2NO2S. The summed E-state index contributed by atoms with van der Waals surface area (Å²) >= 11 is 13.8. The molecule has 0 aliphatic carbocycles. The first kappa shape index (κ1) is 22.9. The normalized spacial score (nSPS) is 12.1. The number of rotatable bonds is 9. The van der Waals surface area contributed by atoms with Gasteiger partial charge in [-0.3, -0.25) is 4.79 Å². The highest BCUT2D eigenvalue weighted by atomic mass is 35.5. The van der Waals surface area contributed by atoms with Crippen molar-refractivity contribution in [3.05, 3.63) is 63.1 Å². The minimum atomic E-state index is -0.546. The van der Waals surface area contributed by atoms with Crippen molar-refractivity contribution in [2.45, 2.75) is 45.5 Å². The van der Waals surface area contributed by atoms with Gasteiger partial charge in [-0.05, 0) is 54.7 Å². The minimum Gasteiger partial charge on any atom is -0.481 e. The zero-order valence-corrected chi connectivity index (χ0v) is 19.0. The lowest BCUT2D eigenvalue weighted by Crippen LogP contribution is -2.37. The van der Waals surface area contributed by atoms with Crippen molar-refractivity contribution in [1.29, 1.82) is 0 Å². The van der Waals surface area contributed by atoms with Gasteiger partial charge < -0.3 is 10.1 Å². The number of carbonyl (C=O) groups is 1. The van der Waals surface area contributed by atoms with Crippen molar-refractivity contribution in [3.8, 4) is 5.75 Å². The lowest BCUT2D eigenvalue weighted by molar-refractivity contribution is -0.127. The average Bonchev–Trinajstić information content (AvgIpc) is 2.62. The van der Waals surface area contributed by atoms with Crippen molar-refractivity contribution in [3.63, 3.8) is 0 Å². The molecular weight excluding hydrogens is 413 g/mol. The fourth-order valence-electron chi connectivity index (χ4n) is 2.68. The molecule has 2 aromatic rings. The van der Waals surface area contributed by atoms with Gasteiger partial charge in [0.25, 0.3) is 5.91 Å². The standard InChI is InChI=1S/C22H27Cl2NO2S/c1-14(2)19-8-5-15(3)11-21(19)27-16(4)22(26)25-9-10-28-13-17-6-7-18(23)12-20(17)24/h5-8,11-12,14,16H,9-10,13H2,1-4H3,(H,25,26)/t16-/m1/s1. The lowest BCUT2D eigenvalue weighted by Gasteiger charge is -2.19. The van der Waals surface area contributed by atoms with Gasteiger partial charge in [-0.25, -0.2) is 0 Å². The van der Waals surface area contributed by atoms with Crippen LogP contribution in [0.4, 0.5) is 0 Å². The van der Waals surface area contributed by atoms with Crippen LogP contribution >= 0.6 is 35.0 Å². The van der Waals surface area contributed by atoms with E-state index in [0.717, 1.165) is 33.9 Å². The zero-order valence-electron chi connectivity index (χ0n) is 16.7. The van der Waals surface area contributed by atoms with E-state index in [-0.39, 0.29) is 5.91 Å². The van der Waals surface area contributed by atoms with Crippen molar-refractivity contribution in [1.82, 2.24) is 5.32 Å². The Bertz CT molecular complexity index is 811. The number of aryl methyl sites for hydroxylation is 1. The van der Waals surface area contributed by atoms with Crippen LogP contribution < -0.4 is 10.1 Å². The first-order valence-electron chi connectivity index (χ1n) is 9.34. The maximum absolute atomic E-state index is 12.4. The summed E-state index contributed by atoms with van der Waals surface area (Å²) in [5.74, 6) is 2.57. The van der Waals surface area contributed by atoms with Gasteiger partial charge in [0.1, 0.15) is 5.75 Å². The smallest absolute Gasteiger partial charge is 0.260 e. The van der Waals surface area contributed by atoms with Crippen LogP contribution in [0.2, 0.25) is 10.0 Å². The first-order chi connectivity index (χ1) is 13.3. The van der Waals surface area contributed by atoms with Gasteiger partial charge in [0, 0.05) is 28.1 Å². The Balaban J connectivity index is 1.78. The highest BCUT2D eigenvalue weighted by Crippen LogP contribution is 2.28. The van der Waals surface area contributed by atoms with Gasteiger partial charge in [0.2, 0.25) is 0 Å². The number of carbonyl (C=O) groups excluding carboxylic acids is 1. The van der Waals surface area contributed by atoms with Crippen molar-refractivity contribution in [2.24, 2.45) is 0 Å². The largest absolute Gasteiger partial charge is 0.481 e. The molecule has 0 saturated heterocycles. The van der Waals surface area contributed by atoms with Gasteiger partial charge in [0.15, 0.2) is 6.10 Å². The van der Waals surface area contributed by atoms with E-state index in [0.29, 0.717) is 22.5 Å². The van der Waals surface area contributed by atoms with Gasteiger partial charge in [0.05, 0.1) is 0 Å². The van der Waals surface area contributed by atoms with Gasteiger partial charge in [-0.15, -0.1) is 0 Å². The Morgan fingerprint density at radius 2 is 1.89 bits per heavy atom. The summed E-state index contributed by atoms with van der Waals surface area (Å²) in [5.41, 5.74) is 3.27. The third kappa shape index (κ3) is 6.91. The molecule has 0 fully saturated rings. The van der Waals surface area contributed by atoms with Crippen LogP contribution in [0.3, 0.4) is 0 Å². The van der Waals surface area contributed by atoms with Crippen LogP contribution in [0.25, 0.3) is 0 Å². The highest BCUT2D eigenvalue weighted by Gasteiger charge is 2.17. The first-order valence-corrected chi connectivity index (χ1v) is 11.3. The SMILES string of the molecule is Cc1ccc(C(C)C)c(O[C@H](C)C(=O)NCCSCc2ccc(Cl)cc2Cl)c1. The number of thioether (sulfide) groups is 1. The second kappa shape index (κ2) is 11.0. The second-order valence-corrected chi connectivity index (χ2v) is 8.98. The van der Waals surface area contributed by atoms with Crippen LogP contribution in [0.1, 0.15) is 43.4 Å². The zero-order chi connectivity index (χ0) is 20.7. The molecule has 0 heterocycles. The molecule has 0 bridgehead atoms. The van der Waals surface area contributed by atoms with Gasteiger partial charge >= 0.3 is 0 Å². The average molecular weight is 440 g/mol. The maximum Gasteiger partial charge on any atom is 0.260 e. The molecule has 28 heavy (non-hydrogen) atoms. The van der Waals surface area contributed by atoms with E-state index in [1.807, 2.05) is 25.1 Å². The van der Waals surface area contributed by atoms with Crippen LogP contribution in [0.15, 0.2) is 36.4 Å². The number of amides is 1. The molecule has 152 valence electrons. The molecule has 1 amide bonds. The molecule has 6 heteroatoms. The molecule has 1 atom stereocenters. The van der Waals surface area contributed by atoms with Crippen molar-refractivity contribution >= 4 is 40.9 Å². The Labute approximate surface area is 182 Å². The molecule has 0 spiro atoms. The number of halogens is 2. The summed E-state index contributed by atoms with van der Waals surface area (Å²) in [7, 11) is 0. The number of ether oxygens (including phenoxy) is 1. The predicted molar refractivity (Wildman–Crippen MR) is 121 cm³/mol. The van der Waals surface area contributed by atoms with Crippen LogP contribution in [0.5, 0.6) is 5.75 Å². The lowest BCUT2D eigenvalue weighted by atomic mass is 10.0. The quantitative estimate of drug-likeness (QED) is 0.469. The number of benzene rings is 2. The Morgan fingerprint density at radius 1 is 1.14 bits per heavy atom. The van der Waals surface area contributed by atoms with Crippen LogP contribution in [-0.2, 0) is 10.5 Å². The molecule has 1 N–H and O–H groups in total. The fraction of sp³-hybridized carbons (Fsp3) is 0.409. The topological polar surface area (TPSA) is 38.3 Å². The van der Waals surface area contributed by atoms with E-state index in [4.69, 9.17) is 27.9 Å².